The molecule has 1 fully saturated rings. The van der Waals surface area contributed by atoms with Crippen molar-refractivity contribution in [1.82, 2.24) is 14.5 Å². The second-order valence-electron chi connectivity index (χ2n) is 5.58. The van der Waals surface area contributed by atoms with Crippen molar-refractivity contribution in [3.05, 3.63) is 35.9 Å². The Morgan fingerprint density at radius 2 is 2.19 bits per heavy atom. The van der Waals surface area contributed by atoms with Crippen LogP contribution < -0.4 is 5.32 Å². The van der Waals surface area contributed by atoms with E-state index < -0.39 is 22.0 Å². The Hall–Kier alpha value is -2.50. The first kappa shape index (κ1) is 16.9. The zero-order chi connectivity index (χ0) is 18.1. The Balaban J connectivity index is 1.51. The van der Waals surface area contributed by atoms with Gasteiger partial charge in [-0.2, -0.15) is 4.31 Å². The van der Waals surface area contributed by atoms with Gasteiger partial charge in [0.15, 0.2) is 5.76 Å². The lowest BCUT2D eigenvalue weighted by molar-refractivity contribution is -0.119. The van der Waals surface area contributed by atoms with E-state index in [4.69, 9.17) is 8.83 Å². The minimum atomic E-state index is -3.70. The fraction of sp³-hybridized carbons (Fsp3) is 0.267. The molecule has 0 aromatic carbocycles. The monoisotopic (exact) mass is 394 g/mol. The van der Waals surface area contributed by atoms with Gasteiger partial charge in [-0.15, -0.1) is 16.4 Å². The Kier molecular flexibility index (Phi) is 4.34. The smallest absolute Gasteiger partial charge is 0.322 e. The summed E-state index contributed by atoms with van der Waals surface area (Å²) in [7, 11) is -3.70. The van der Waals surface area contributed by atoms with Gasteiger partial charge in [-0.25, -0.2) is 8.42 Å². The number of carbonyl (C=O) groups is 1. The van der Waals surface area contributed by atoms with Gasteiger partial charge in [0.25, 0.3) is 15.9 Å². The molecule has 26 heavy (non-hydrogen) atoms. The van der Waals surface area contributed by atoms with Crippen molar-refractivity contribution in [2.75, 3.05) is 11.9 Å². The topological polar surface area (TPSA) is 119 Å². The van der Waals surface area contributed by atoms with Gasteiger partial charge in [0.1, 0.15) is 10.3 Å². The number of nitrogens with zero attached hydrogens (tertiary/aromatic N) is 3. The molecule has 136 valence electrons. The maximum Gasteiger partial charge on any atom is 0.322 e. The second-order valence-corrected chi connectivity index (χ2v) is 8.65. The number of sulfonamides is 1. The van der Waals surface area contributed by atoms with Crippen LogP contribution in [0.1, 0.15) is 12.8 Å². The van der Waals surface area contributed by atoms with E-state index in [9.17, 15) is 13.2 Å². The van der Waals surface area contributed by atoms with Crippen molar-refractivity contribution in [3.63, 3.8) is 0 Å². The van der Waals surface area contributed by atoms with E-state index in [0.717, 1.165) is 11.3 Å². The molecular formula is C15H14N4O5S2. The lowest BCUT2D eigenvalue weighted by Gasteiger charge is -2.21. The Morgan fingerprint density at radius 3 is 2.92 bits per heavy atom. The molecule has 9 nitrogen and oxygen atoms in total. The first-order chi connectivity index (χ1) is 12.6. The molecule has 0 radical (unpaired) electrons. The van der Waals surface area contributed by atoms with Gasteiger partial charge in [-0.05, 0) is 36.4 Å². The van der Waals surface area contributed by atoms with E-state index in [2.05, 4.69) is 15.5 Å². The summed E-state index contributed by atoms with van der Waals surface area (Å²) in [6.07, 6.45) is 2.49. The maximum absolute atomic E-state index is 12.7. The molecule has 4 heterocycles. The number of rotatable bonds is 5. The summed E-state index contributed by atoms with van der Waals surface area (Å²) in [5.41, 5.74) is 0. The molecule has 0 saturated carbocycles. The highest BCUT2D eigenvalue weighted by Gasteiger charge is 2.40. The second kappa shape index (κ2) is 6.67. The van der Waals surface area contributed by atoms with Crippen molar-refractivity contribution in [1.29, 1.82) is 0 Å². The van der Waals surface area contributed by atoms with E-state index in [0.29, 0.717) is 25.1 Å². The van der Waals surface area contributed by atoms with Crippen LogP contribution in [0.15, 0.2) is 49.0 Å². The van der Waals surface area contributed by atoms with E-state index in [1.165, 1.54) is 16.6 Å². The normalized spacial score (nSPS) is 18.2. The first-order valence-corrected chi connectivity index (χ1v) is 10.1. The molecule has 0 aliphatic carbocycles. The van der Waals surface area contributed by atoms with Gasteiger partial charge in [0.2, 0.25) is 5.91 Å². The maximum atomic E-state index is 12.7. The molecule has 1 atom stereocenters. The molecule has 1 aliphatic rings. The average Bonchev–Trinajstić information content (AvgIpc) is 3.42. The zero-order valence-electron chi connectivity index (χ0n) is 13.4. The predicted octanol–water partition coefficient (Wildman–Crippen LogP) is 2.18. The number of carbonyl (C=O) groups excluding carboxylic acids is 1. The van der Waals surface area contributed by atoms with Crippen LogP contribution in [0.2, 0.25) is 0 Å². The number of furan rings is 1. The third-order valence-corrected chi connectivity index (χ3v) is 7.23. The lowest BCUT2D eigenvalue weighted by Crippen LogP contribution is -2.42. The van der Waals surface area contributed by atoms with Crippen molar-refractivity contribution < 1.29 is 22.0 Å². The first-order valence-electron chi connectivity index (χ1n) is 7.79. The number of nitrogens with one attached hydrogen (secondary N) is 1. The summed E-state index contributed by atoms with van der Waals surface area (Å²) < 4.78 is 37.4. The number of hydrogen-bond donors (Lipinski definition) is 1. The van der Waals surface area contributed by atoms with Crippen LogP contribution in [-0.4, -0.2) is 41.4 Å². The average molecular weight is 394 g/mol. The zero-order valence-corrected chi connectivity index (χ0v) is 15.0. The summed E-state index contributed by atoms with van der Waals surface area (Å²) >= 11 is 1.12. The molecule has 0 bridgehead atoms. The largest absolute Gasteiger partial charge is 0.459 e. The molecule has 3 aromatic rings. The quantitative estimate of drug-likeness (QED) is 0.704. The van der Waals surface area contributed by atoms with E-state index >= 15 is 0 Å². The number of aromatic nitrogens is 2. The van der Waals surface area contributed by atoms with Gasteiger partial charge < -0.3 is 8.83 Å². The van der Waals surface area contributed by atoms with E-state index in [-0.39, 0.29) is 16.1 Å². The van der Waals surface area contributed by atoms with Crippen molar-refractivity contribution in [3.8, 4) is 11.7 Å². The Bertz CT molecular complexity index is 995. The summed E-state index contributed by atoms with van der Waals surface area (Å²) in [6, 6.07) is 5.58. The highest BCUT2D eigenvalue weighted by Crippen LogP contribution is 2.29. The van der Waals surface area contributed by atoms with Crippen LogP contribution in [-0.2, 0) is 14.8 Å². The molecule has 3 aromatic heterocycles. The van der Waals surface area contributed by atoms with Crippen LogP contribution in [0.4, 0.5) is 6.01 Å². The molecule has 11 heteroatoms. The van der Waals surface area contributed by atoms with Gasteiger partial charge in [-0.1, -0.05) is 11.2 Å². The van der Waals surface area contributed by atoms with Crippen LogP contribution in [0.3, 0.4) is 0 Å². The number of thiophene rings is 1. The standard InChI is InChI=1S/C15H14N4O5S2/c20-13(16-15-18-17-14(24-15)11-5-2-8-23-11)10-4-1-7-19(10)26(21,22)12-6-3-9-25-12/h2-3,5-6,8-10H,1,4,7H2,(H,16,18,20)/t10-/m1/s1. The summed E-state index contributed by atoms with van der Waals surface area (Å²) in [5.74, 6) is -0.00201. The number of amides is 1. The number of anilines is 1. The number of hydrogen-bond acceptors (Lipinski definition) is 8. The summed E-state index contributed by atoms with van der Waals surface area (Å²) in [5, 5.41) is 11.7. The summed E-state index contributed by atoms with van der Waals surface area (Å²) in [6.45, 7) is 0.291. The third-order valence-electron chi connectivity index (χ3n) is 3.95. The van der Waals surface area contributed by atoms with Crippen LogP contribution in [0.5, 0.6) is 0 Å². The Labute approximate surface area is 152 Å². The molecule has 1 amide bonds. The molecule has 0 unspecified atom stereocenters. The fourth-order valence-corrected chi connectivity index (χ4v) is 5.55. The van der Waals surface area contributed by atoms with E-state index in [1.54, 1.807) is 23.6 Å². The van der Waals surface area contributed by atoms with Crippen molar-refractivity contribution in [2.24, 2.45) is 0 Å². The fourth-order valence-electron chi connectivity index (χ4n) is 2.78. The highest BCUT2D eigenvalue weighted by molar-refractivity contribution is 7.91. The molecule has 1 N–H and O–H groups in total. The summed E-state index contributed by atoms with van der Waals surface area (Å²) in [4.78, 5) is 12.6. The molecule has 1 aliphatic heterocycles. The van der Waals surface area contributed by atoms with Gasteiger partial charge in [-0.3, -0.25) is 10.1 Å². The molecule has 0 spiro atoms. The highest BCUT2D eigenvalue weighted by atomic mass is 32.2. The van der Waals surface area contributed by atoms with Crippen LogP contribution in [0, 0.1) is 0 Å². The van der Waals surface area contributed by atoms with Gasteiger partial charge in [0, 0.05) is 6.54 Å². The minimum absolute atomic E-state index is 0.109. The van der Waals surface area contributed by atoms with Gasteiger partial charge >= 0.3 is 6.01 Å². The van der Waals surface area contributed by atoms with Crippen molar-refractivity contribution in [2.45, 2.75) is 23.1 Å². The lowest BCUT2D eigenvalue weighted by atomic mass is 10.2. The minimum Gasteiger partial charge on any atom is -0.459 e. The van der Waals surface area contributed by atoms with Crippen LogP contribution >= 0.6 is 11.3 Å². The molecular weight excluding hydrogens is 380 g/mol. The molecule has 1 saturated heterocycles. The predicted molar refractivity (Wildman–Crippen MR) is 91.9 cm³/mol. The Morgan fingerprint density at radius 1 is 1.31 bits per heavy atom. The van der Waals surface area contributed by atoms with Crippen LogP contribution in [0.25, 0.3) is 11.7 Å². The SMILES string of the molecule is O=C(Nc1nnc(-c2ccco2)o1)[C@H]1CCCN1S(=O)(=O)c1cccs1. The van der Waals surface area contributed by atoms with Crippen molar-refractivity contribution >= 4 is 33.3 Å². The van der Waals surface area contributed by atoms with Gasteiger partial charge in [0.05, 0.1) is 6.26 Å². The van der Waals surface area contributed by atoms with E-state index in [1.807, 2.05) is 0 Å². The molecule has 4 rings (SSSR count). The third kappa shape index (κ3) is 3.04.